The van der Waals surface area contributed by atoms with E-state index in [1.165, 1.54) is 0 Å². The zero-order valence-corrected chi connectivity index (χ0v) is 12.7. The van der Waals surface area contributed by atoms with Crippen molar-refractivity contribution in [3.63, 3.8) is 0 Å². The molecule has 0 aliphatic rings. The van der Waals surface area contributed by atoms with Crippen LogP contribution in [0.2, 0.25) is 0 Å². The Morgan fingerprint density at radius 3 is 2.50 bits per heavy atom. The predicted octanol–water partition coefficient (Wildman–Crippen LogP) is 1.77. The number of rotatable bonds is 6. The molecular formula is C11H21ClN4OS. The maximum Gasteiger partial charge on any atom is 0.265 e. The molecule has 0 bridgehead atoms. The van der Waals surface area contributed by atoms with E-state index in [2.05, 4.69) is 14.9 Å². The van der Waals surface area contributed by atoms with E-state index in [-0.39, 0.29) is 23.9 Å². The molecule has 0 spiro atoms. The van der Waals surface area contributed by atoms with Gasteiger partial charge < -0.3 is 11.1 Å². The average Bonchev–Trinajstić information content (AvgIpc) is 2.83. The van der Waals surface area contributed by atoms with Crippen molar-refractivity contribution in [1.82, 2.24) is 14.9 Å². The number of hydrogen-bond acceptors (Lipinski definition) is 5. The summed E-state index contributed by atoms with van der Waals surface area (Å²) in [6, 6.07) is 0. The summed E-state index contributed by atoms with van der Waals surface area (Å²) in [5, 5.41) is 6.79. The van der Waals surface area contributed by atoms with Gasteiger partial charge in [0.25, 0.3) is 5.91 Å². The second-order valence-corrected chi connectivity index (χ2v) is 4.91. The minimum atomic E-state index is -0.319. The average molecular weight is 293 g/mol. The normalized spacial score (nSPS) is 10.9. The molecule has 104 valence electrons. The van der Waals surface area contributed by atoms with Crippen molar-refractivity contribution < 1.29 is 4.79 Å². The van der Waals surface area contributed by atoms with Crippen molar-refractivity contribution in [3.8, 4) is 0 Å². The van der Waals surface area contributed by atoms with Crippen molar-refractivity contribution >= 4 is 29.8 Å². The molecule has 1 aromatic rings. The van der Waals surface area contributed by atoms with Crippen LogP contribution in [-0.2, 0) is 6.42 Å². The summed E-state index contributed by atoms with van der Waals surface area (Å²) < 4.78 is 3.80. The molecule has 0 aliphatic heterocycles. The van der Waals surface area contributed by atoms with E-state index in [4.69, 9.17) is 5.73 Å². The second-order valence-electron chi connectivity index (χ2n) is 4.15. The Balaban J connectivity index is 0.00000289. The first-order valence-electron chi connectivity index (χ1n) is 5.94. The highest BCUT2D eigenvalue weighted by Crippen LogP contribution is 2.13. The summed E-state index contributed by atoms with van der Waals surface area (Å²) in [4.78, 5) is 12.5. The first-order valence-corrected chi connectivity index (χ1v) is 6.72. The van der Waals surface area contributed by atoms with Gasteiger partial charge in [0.15, 0.2) is 0 Å². The molecule has 3 N–H and O–H groups in total. The number of carbonyl (C=O) groups is 1. The third kappa shape index (κ3) is 4.19. The van der Waals surface area contributed by atoms with Crippen LogP contribution in [0.15, 0.2) is 0 Å². The summed E-state index contributed by atoms with van der Waals surface area (Å²) in [6.07, 6.45) is 2.39. The van der Waals surface area contributed by atoms with Crippen molar-refractivity contribution in [1.29, 1.82) is 0 Å². The number of aromatic nitrogens is 2. The summed E-state index contributed by atoms with van der Waals surface area (Å²) in [7, 11) is 0. The van der Waals surface area contributed by atoms with Crippen molar-refractivity contribution in [2.24, 2.45) is 5.73 Å². The molecule has 7 heteroatoms. The van der Waals surface area contributed by atoms with Gasteiger partial charge in [-0.05, 0) is 30.8 Å². The summed E-state index contributed by atoms with van der Waals surface area (Å²) >= 11 is 1.13. The van der Waals surface area contributed by atoms with E-state index in [0.29, 0.717) is 17.8 Å². The van der Waals surface area contributed by atoms with Gasteiger partial charge >= 0.3 is 0 Å². The van der Waals surface area contributed by atoms with E-state index in [9.17, 15) is 4.79 Å². The molecule has 1 amide bonds. The Labute approximate surface area is 118 Å². The lowest BCUT2D eigenvalue weighted by Gasteiger charge is -2.26. The molecule has 0 saturated heterocycles. The smallest absolute Gasteiger partial charge is 0.265 e. The lowest BCUT2D eigenvalue weighted by atomic mass is 9.94. The Hall–Kier alpha value is -0.720. The maximum atomic E-state index is 11.9. The van der Waals surface area contributed by atoms with Crippen LogP contribution in [-0.4, -0.2) is 27.6 Å². The first-order chi connectivity index (χ1) is 8.06. The Morgan fingerprint density at radius 2 is 2.00 bits per heavy atom. The van der Waals surface area contributed by atoms with E-state index < -0.39 is 0 Å². The molecule has 1 rings (SSSR count). The van der Waals surface area contributed by atoms with E-state index in [0.717, 1.165) is 30.1 Å². The molecule has 0 unspecified atom stereocenters. The molecule has 0 aliphatic carbocycles. The van der Waals surface area contributed by atoms with Crippen LogP contribution in [0.25, 0.3) is 0 Å². The van der Waals surface area contributed by atoms with Gasteiger partial charge in [0.1, 0.15) is 4.88 Å². The molecule has 1 aromatic heterocycles. The SMILES string of the molecule is CCc1nnsc1C(=O)NCC(N)(CC)CC.Cl. The van der Waals surface area contributed by atoms with E-state index >= 15 is 0 Å². The van der Waals surface area contributed by atoms with Gasteiger partial charge in [0.2, 0.25) is 0 Å². The van der Waals surface area contributed by atoms with Crippen molar-refractivity contribution in [3.05, 3.63) is 10.6 Å². The Morgan fingerprint density at radius 1 is 1.39 bits per heavy atom. The molecular weight excluding hydrogens is 272 g/mol. The summed E-state index contributed by atoms with van der Waals surface area (Å²) in [5.74, 6) is -0.117. The maximum absolute atomic E-state index is 11.9. The van der Waals surface area contributed by atoms with Gasteiger partial charge in [-0.15, -0.1) is 17.5 Å². The molecule has 0 atom stereocenters. The fraction of sp³-hybridized carbons (Fsp3) is 0.727. The number of hydrogen-bond donors (Lipinski definition) is 2. The minimum Gasteiger partial charge on any atom is -0.349 e. The molecule has 1 heterocycles. The molecule has 5 nitrogen and oxygen atoms in total. The van der Waals surface area contributed by atoms with Gasteiger partial charge in [-0.1, -0.05) is 25.3 Å². The molecule has 0 fully saturated rings. The van der Waals surface area contributed by atoms with Crippen LogP contribution >= 0.6 is 23.9 Å². The van der Waals surface area contributed by atoms with E-state index in [1.807, 2.05) is 20.8 Å². The van der Waals surface area contributed by atoms with Gasteiger partial charge in [0, 0.05) is 12.1 Å². The monoisotopic (exact) mass is 292 g/mol. The van der Waals surface area contributed by atoms with Crippen molar-refractivity contribution in [2.75, 3.05) is 6.54 Å². The van der Waals surface area contributed by atoms with E-state index in [1.54, 1.807) is 0 Å². The fourth-order valence-electron chi connectivity index (χ4n) is 1.45. The highest BCUT2D eigenvalue weighted by molar-refractivity contribution is 7.08. The van der Waals surface area contributed by atoms with Crippen LogP contribution in [0.1, 0.15) is 49.0 Å². The zero-order chi connectivity index (χ0) is 12.9. The number of carbonyl (C=O) groups excluding carboxylic acids is 1. The summed E-state index contributed by atoms with van der Waals surface area (Å²) in [5.41, 5.74) is 6.56. The molecule has 0 saturated carbocycles. The number of nitrogens with one attached hydrogen (secondary N) is 1. The van der Waals surface area contributed by atoms with Gasteiger partial charge in [-0.2, -0.15) is 0 Å². The molecule has 18 heavy (non-hydrogen) atoms. The highest BCUT2D eigenvalue weighted by Gasteiger charge is 2.22. The fourth-order valence-corrected chi connectivity index (χ4v) is 2.12. The van der Waals surface area contributed by atoms with Gasteiger partial charge in [0.05, 0.1) is 5.69 Å². The Bertz CT molecular complexity index is 379. The molecule has 0 radical (unpaired) electrons. The largest absolute Gasteiger partial charge is 0.349 e. The third-order valence-corrected chi connectivity index (χ3v) is 3.87. The predicted molar refractivity (Wildman–Crippen MR) is 76.4 cm³/mol. The topological polar surface area (TPSA) is 80.9 Å². The lowest BCUT2D eigenvalue weighted by molar-refractivity contribution is 0.0945. The lowest BCUT2D eigenvalue weighted by Crippen LogP contribution is -2.49. The van der Waals surface area contributed by atoms with Crippen LogP contribution < -0.4 is 11.1 Å². The van der Waals surface area contributed by atoms with Gasteiger partial charge in [-0.3, -0.25) is 4.79 Å². The number of amides is 1. The second kappa shape index (κ2) is 7.66. The minimum absolute atomic E-state index is 0. The number of nitrogens with zero attached hydrogens (tertiary/aromatic N) is 2. The van der Waals surface area contributed by atoms with Crippen LogP contribution in [0.4, 0.5) is 0 Å². The molecule has 0 aromatic carbocycles. The van der Waals surface area contributed by atoms with Crippen LogP contribution in [0, 0.1) is 0 Å². The first kappa shape index (κ1) is 17.3. The van der Waals surface area contributed by atoms with Gasteiger partial charge in [-0.25, -0.2) is 0 Å². The quantitative estimate of drug-likeness (QED) is 0.837. The summed E-state index contributed by atoms with van der Waals surface area (Å²) in [6.45, 7) is 6.50. The zero-order valence-electron chi connectivity index (χ0n) is 11.0. The van der Waals surface area contributed by atoms with Crippen molar-refractivity contribution in [2.45, 2.75) is 45.6 Å². The standard InChI is InChI=1S/C11H20N4OS.ClH/c1-4-8-9(17-15-14-8)10(16)13-7-11(12,5-2)6-3;/h4-7,12H2,1-3H3,(H,13,16);1H. The Kier molecular flexibility index (Phi) is 7.35. The third-order valence-electron chi connectivity index (χ3n) is 3.11. The number of halogens is 1. The number of aryl methyl sites for hydroxylation is 1. The van der Waals surface area contributed by atoms with Crippen LogP contribution in [0.3, 0.4) is 0 Å². The van der Waals surface area contributed by atoms with Crippen LogP contribution in [0.5, 0.6) is 0 Å². The number of nitrogens with two attached hydrogens (primary N) is 1. The highest BCUT2D eigenvalue weighted by atomic mass is 35.5.